The van der Waals surface area contributed by atoms with Crippen LogP contribution in [0.15, 0.2) is 42.6 Å². The van der Waals surface area contributed by atoms with Crippen molar-refractivity contribution in [1.82, 2.24) is 9.88 Å². The van der Waals surface area contributed by atoms with Gasteiger partial charge in [0.2, 0.25) is 5.91 Å². The topological polar surface area (TPSA) is 56.4 Å². The number of aromatic nitrogens is 1. The van der Waals surface area contributed by atoms with E-state index < -0.39 is 0 Å². The Bertz CT molecular complexity index is 784. The number of aromatic amines is 1. The molecular weight excluding hydrogens is 302 g/mol. The van der Waals surface area contributed by atoms with Gasteiger partial charge in [-0.05, 0) is 43.2 Å². The molecule has 2 aliphatic rings. The Balaban J connectivity index is 1.51. The van der Waals surface area contributed by atoms with Crippen LogP contribution >= 0.6 is 0 Å². The average molecular weight is 323 g/mol. The maximum Gasteiger partial charge on any atom is 0.270 e. The third-order valence-electron chi connectivity index (χ3n) is 5.19. The largest absolute Gasteiger partial charge is 0.357 e. The van der Waals surface area contributed by atoms with Crippen LogP contribution in [0.4, 0.5) is 5.69 Å². The Morgan fingerprint density at radius 2 is 2.08 bits per heavy atom. The van der Waals surface area contributed by atoms with Crippen LogP contribution in [0.25, 0.3) is 0 Å². The molecule has 1 aromatic heterocycles. The fourth-order valence-corrected chi connectivity index (χ4v) is 3.94. The number of amides is 2. The van der Waals surface area contributed by atoms with Gasteiger partial charge in [-0.25, -0.2) is 0 Å². The first-order chi connectivity index (χ1) is 11.6. The minimum atomic E-state index is -0.108. The summed E-state index contributed by atoms with van der Waals surface area (Å²) >= 11 is 0. The first kappa shape index (κ1) is 15.0. The molecule has 1 aromatic carbocycles. The number of carbonyl (C=O) groups is 2. The molecule has 0 radical (unpaired) electrons. The van der Waals surface area contributed by atoms with Crippen molar-refractivity contribution < 1.29 is 9.59 Å². The number of nitrogens with one attached hydrogen (secondary N) is 1. The Labute approximate surface area is 141 Å². The van der Waals surface area contributed by atoms with Crippen LogP contribution in [-0.4, -0.2) is 41.3 Å². The molecule has 0 bridgehead atoms. The van der Waals surface area contributed by atoms with Crippen molar-refractivity contribution in [2.45, 2.75) is 19.8 Å². The number of nitrogens with zero attached hydrogens (tertiary/aromatic N) is 2. The van der Waals surface area contributed by atoms with Gasteiger partial charge < -0.3 is 14.8 Å². The SMILES string of the molecule is Cc1cccc(N2CC3(CCN(C(=O)c4ccc[nH]4)C3)CC2=O)c1. The highest BCUT2D eigenvalue weighted by Gasteiger charge is 2.48. The van der Waals surface area contributed by atoms with Gasteiger partial charge in [0.05, 0.1) is 0 Å². The minimum absolute atomic E-state index is 0.0262. The van der Waals surface area contributed by atoms with Crippen LogP contribution in [0.1, 0.15) is 28.9 Å². The van der Waals surface area contributed by atoms with Crippen LogP contribution in [0.2, 0.25) is 0 Å². The van der Waals surface area contributed by atoms with Gasteiger partial charge in [0.15, 0.2) is 0 Å². The number of likely N-dealkylation sites (tertiary alicyclic amines) is 1. The lowest BCUT2D eigenvalue weighted by molar-refractivity contribution is -0.117. The van der Waals surface area contributed by atoms with E-state index in [1.54, 1.807) is 12.3 Å². The zero-order valence-electron chi connectivity index (χ0n) is 13.8. The summed E-state index contributed by atoms with van der Waals surface area (Å²) in [6.07, 6.45) is 3.17. The number of benzene rings is 1. The van der Waals surface area contributed by atoms with Crippen molar-refractivity contribution in [2.75, 3.05) is 24.5 Å². The first-order valence-electron chi connectivity index (χ1n) is 8.36. The third-order valence-corrected chi connectivity index (χ3v) is 5.19. The normalized spacial score (nSPS) is 23.5. The van der Waals surface area contributed by atoms with Crippen molar-refractivity contribution >= 4 is 17.5 Å². The molecule has 2 aromatic rings. The molecule has 124 valence electrons. The van der Waals surface area contributed by atoms with Gasteiger partial charge in [-0.2, -0.15) is 0 Å². The smallest absolute Gasteiger partial charge is 0.270 e. The molecule has 1 unspecified atom stereocenters. The van der Waals surface area contributed by atoms with Crippen LogP contribution in [0.3, 0.4) is 0 Å². The lowest BCUT2D eigenvalue weighted by Crippen LogP contribution is -2.34. The van der Waals surface area contributed by atoms with Crippen LogP contribution in [0, 0.1) is 12.3 Å². The second kappa shape index (κ2) is 5.51. The number of anilines is 1. The summed E-state index contributed by atoms with van der Waals surface area (Å²) in [6.45, 7) is 4.10. The molecule has 2 amide bonds. The summed E-state index contributed by atoms with van der Waals surface area (Å²) in [6, 6.07) is 11.7. The van der Waals surface area contributed by atoms with Gasteiger partial charge in [-0.15, -0.1) is 0 Å². The predicted octanol–water partition coefficient (Wildman–Crippen LogP) is 2.59. The fourth-order valence-electron chi connectivity index (χ4n) is 3.94. The van der Waals surface area contributed by atoms with Crippen LogP contribution in [0.5, 0.6) is 0 Å². The fraction of sp³-hybridized carbons (Fsp3) is 0.368. The zero-order chi connectivity index (χ0) is 16.7. The van der Waals surface area contributed by atoms with Gasteiger partial charge in [-0.1, -0.05) is 12.1 Å². The molecule has 1 N–H and O–H groups in total. The van der Waals surface area contributed by atoms with E-state index >= 15 is 0 Å². The molecule has 4 rings (SSSR count). The van der Waals surface area contributed by atoms with Gasteiger partial charge in [0.25, 0.3) is 5.91 Å². The Hall–Kier alpha value is -2.56. The molecule has 1 spiro atoms. The Morgan fingerprint density at radius 3 is 2.83 bits per heavy atom. The summed E-state index contributed by atoms with van der Waals surface area (Å²) in [5.74, 6) is 0.188. The first-order valence-corrected chi connectivity index (χ1v) is 8.36. The highest BCUT2D eigenvalue weighted by Crippen LogP contribution is 2.42. The molecule has 2 aliphatic heterocycles. The second-order valence-electron chi connectivity index (χ2n) is 7.06. The Morgan fingerprint density at radius 1 is 1.21 bits per heavy atom. The number of aryl methyl sites for hydroxylation is 1. The summed E-state index contributed by atoms with van der Waals surface area (Å²) in [7, 11) is 0. The number of rotatable bonds is 2. The number of carbonyl (C=O) groups excluding carboxylic acids is 2. The van der Waals surface area contributed by atoms with Gasteiger partial charge in [-0.3, -0.25) is 9.59 Å². The number of hydrogen-bond acceptors (Lipinski definition) is 2. The maximum absolute atomic E-state index is 12.6. The molecule has 3 heterocycles. The van der Waals surface area contributed by atoms with E-state index in [0.717, 1.165) is 17.7 Å². The molecule has 0 saturated carbocycles. The van der Waals surface area contributed by atoms with Crippen LogP contribution < -0.4 is 4.90 Å². The van der Waals surface area contributed by atoms with Crippen LogP contribution in [-0.2, 0) is 4.79 Å². The van der Waals surface area contributed by atoms with Gasteiger partial charge in [0, 0.05) is 43.4 Å². The average Bonchev–Trinajstić information content (AvgIpc) is 3.28. The molecule has 0 aliphatic carbocycles. The van der Waals surface area contributed by atoms with E-state index in [0.29, 0.717) is 31.7 Å². The second-order valence-corrected chi connectivity index (χ2v) is 7.06. The number of H-pyrrole nitrogens is 1. The predicted molar refractivity (Wildman–Crippen MR) is 91.9 cm³/mol. The minimum Gasteiger partial charge on any atom is -0.357 e. The standard InChI is InChI=1S/C19H21N3O2/c1-14-4-2-5-15(10-14)22-13-19(11-17(22)23)7-9-21(12-19)18(24)16-6-3-8-20-16/h2-6,8,10,20H,7,9,11-13H2,1H3. The van der Waals surface area contributed by atoms with E-state index in [4.69, 9.17) is 0 Å². The summed E-state index contributed by atoms with van der Waals surface area (Å²) in [5.41, 5.74) is 2.62. The zero-order valence-corrected chi connectivity index (χ0v) is 13.8. The molecule has 5 nitrogen and oxygen atoms in total. The maximum atomic E-state index is 12.6. The van der Waals surface area contributed by atoms with E-state index in [-0.39, 0.29) is 17.2 Å². The monoisotopic (exact) mass is 323 g/mol. The quantitative estimate of drug-likeness (QED) is 0.923. The molecule has 5 heteroatoms. The summed E-state index contributed by atoms with van der Waals surface area (Å²) in [5, 5.41) is 0. The van der Waals surface area contributed by atoms with Gasteiger partial charge >= 0.3 is 0 Å². The lowest BCUT2D eigenvalue weighted by atomic mass is 9.86. The molecule has 1 atom stereocenters. The summed E-state index contributed by atoms with van der Waals surface area (Å²) < 4.78 is 0. The van der Waals surface area contributed by atoms with Gasteiger partial charge in [0.1, 0.15) is 5.69 Å². The van der Waals surface area contributed by atoms with Crippen molar-refractivity contribution in [3.05, 3.63) is 53.9 Å². The molecule has 24 heavy (non-hydrogen) atoms. The highest BCUT2D eigenvalue weighted by molar-refractivity contribution is 5.97. The Kier molecular flexibility index (Phi) is 3.44. The molecule has 2 fully saturated rings. The number of hydrogen-bond donors (Lipinski definition) is 1. The van der Waals surface area contributed by atoms with E-state index in [1.807, 2.05) is 47.1 Å². The van der Waals surface area contributed by atoms with E-state index in [1.165, 1.54) is 0 Å². The summed E-state index contributed by atoms with van der Waals surface area (Å²) in [4.78, 5) is 31.8. The van der Waals surface area contributed by atoms with Crippen molar-refractivity contribution in [3.63, 3.8) is 0 Å². The third kappa shape index (κ3) is 2.50. The van der Waals surface area contributed by atoms with Crippen molar-refractivity contribution in [1.29, 1.82) is 0 Å². The lowest BCUT2D eigenvalue weighted by Gasteiger charge is -2.24. The molecule has 2 saturated heterocycles. The molecular formula is C19H21N3O2. The van der Waals surface area contributed by atoms with Crippen molar-refractivity contribution in [2.24, 2.45) is 5.41 Å². The van der Waals surface area contributed by atoms with E-state index in [9.17, 15) is 9.59 Å². The van der Waals surface area contributed by atoms with Crippen molar-refractivity contribution in [3.8, 4) is 0 Å². The highest BCUT2D eigenvalue weighted by atomic mass is 16.2. The van der Waals surface area contributed by atoms with E-state index in [2.05, 4.69) is 4.98 Å².